The number of hydrogen-bond donors (Lipinski definition) is 1. The van der Waals surface area contributed by atoms with Gasteiger partial charge in [-0.05, 0) is 20.4 Å². The van der Waals surface area contributed by atoms with E-state index < -0.39 is 0 Å². The summed E-state index contributed by atoms with van der Waals surface area (Å²) in [5.74, 6) is -0.0853. The highest BCUT2D eigenvalue weighted by atomic mass is 32.1. The Bertz CT molecular complexity index is 620. The Kier molecular flexibility index (Phi) is 5.03. The second-order valence-corrected chi connectivity index (χ2v) is 6.02. The highest BCUT2D eigenvalue weighted by Gasteiger charge is 2.12. The zero-order valence-corrected chi connectivity index (χ0v) is 13.6. The first-order valence-corrected chi connectivity index (χ1v) is 7.59. The number of nitrogens with one attached hydrogen (secondary N) is 1. The van der Waals surface area contributed by atoms with E-state index in [1.54, 1.807) is 0 Å². The standard InChI is InChI=1S/C13H20N6OS/c1-5-12-16-17-13(21-12)15-11(20)8-18(3)7-10-6-14-19(4)9(10)2/h6H,5,7-8H2,1-4H3,(H,15,17,20). The predicted molar refractivity (Wildman–Crippen MR) is 82.2 cm³/mol. The number of aryl methyl sites for hydroxylation is 2. The molecule has 1 amide bonds. The third-order valence-electron chi connectivity index (χ3n) is 3.21. The van der Waals surface area contributed by atoms with Crippen LogP contribution in [0, 0.1) is 6.92 Å². The van der Waals surface area contributed by atoms with E-state index in [1.165, 1.54) is 11.3 Å². The summed E-state index contributed by atoms with van der Waals surface area (Å²) in [5, 5.41) is 16.4. The average molecular weight is 308 g/mol. The van der Waals surface area contributed by atoms with Crippen molar-refractivity contribution in [2.75, 3.05) is 18.9 Å². The minimum absolute atomic E-state index is 0.0853. The van der Waals surface area contributed by atoms with Crippen molar-refractivity contribution < 1.29 is 4.79 Å². The monoisotopic (exact) mass is 308 g/mol. The van der Waals surface area contributed by atoms with Gasteiger partial charge in [-0.1, -0.05) is 18.3 Å². The van der Waals surface area contributed by atoms with Crippen LogP contribution in [0.2, 0.25) is 0 Å². The smallest absolute Gasteiger partial charge is 0.240 e. The van der Waals surface area contributed by atoms with E-state index in [9.17, 15) is 4.79 Å². The van der Waals surface area contributed by atoms with Crippen LogP contribution in [0.5, 0.6) is 0 Å². The Morgan fingerprint density at radius 1 is 1.48 bits per heavy atom. The maximum Gasteiger partial charge on any atom is 0.240 e. The largest absolute Gasteiger partial charge is 0.299 e. The molecular formula is C13H20N6OS. The summed E-state index contributed by atoms with van der Waals surface area (Å²) in [6, 6.07) is 0. The van der Waals surface area contributed by atoms with Gasteiger partial charge in [-0.15, -0.1) is 10.2 Å². The molecule has 0 bridgehead atoms. The third kappa shape index (κ3) is 4.08. The Hall–Kier alpha value is -1.80. The van der Waals surface area contributed by atoms with Crippen LogP contribution in [0.1, 0.15) is 23.2 Å². The first kappa shape index (κ1) is 15.6. The molecule has 0 aliphatic rings. The topological polar surface area (TPSA) is 75.9 Å². The van der Waals surface area contributed by atoms with Gasteiger partial charge in [0.25, 0.3) is 0 Å². The average Bonchev–Trinajstić information content (AvgIpc) is 3.00. The minimum Gasteiger partial charge on any atom is -0.299 e. The molecule has 7 nitrogen and oxygen atoms in total. The Balaban J connectivity index is 1.85. The molecule has 114 valence electrons. The molecule has 0 saturated heterocycles. The maximum atomic E-state index is 12.0. The van der Waals surface area contributed by atoms with Crippen LogP contribution in [0.3, 0.4) is 0 Å². The second-order valence-electron chi connectivity index (χ2n) is 4.95. The highest BCUT2D eigenvalue weighted by Crippen LogP contribution is 2.15. The van der Waals surface area contributed by atoms with Crippen LogP contribution in [-0.4, -0.2) is 44.4 Å². The van der Waals surface area contributed by atoms with Crippen molar-refractivity contribution in [3.05, 3.63) is 22.5 Å². The van der Waals surface area contributed by atoms with E-state index in [2.05, 4.69) is 20.6 Å². The Morgan fingerprint density at radius 3 is 2.81 bits per heavy atom. The number of aromatic nitrogens is 4. The van der Waals surface area contributed by atoms with Crippen molar-refractivity contribution in [2.45, 2.75) is 26.8 Å². The van der Waals surface area contributed by atoms with Crippen molar-refractivity contribution in [3.63, 3.8) is 0 Å². The molecule has 2 aromatic rings. The molecule has 0 aliphatic carbocycles. The summed E-state index contributed by atoms with van der Waals surface area (Å²) < 4.78 is 1.83. The van der Waals surface area contributed by atoms with Crippen LogP contribution >= 0.6 is 11.3 Å². The molecule has 8 heteroatoms. The van der Waals surface area contributed by atoms with Crippen molar-refractivity contribution in [1.82, 2.24) is 24.9 Å². The van der Waals surface area contributed by atoms with Crippen molar-refractivity contribution >= 4 is 22.4 Å². The highest BCUT2D eigenvalue weighted by molar-refractivity contribution is 7.15. The molecule has 2 heterocycles. The van der Waals surface area contributed by atoms with E-state index in [-0.39, 0.29) is 5.91 Å². The Labute approximate surface area is 128 Å². The van der Waals surface area contributed by atoms with Gasteiger partial charge >= 0.3 is 0 Å². The number of carbonyl (C=O) groups excluding carboxylic acids is 1. The molecule has 2 rings (SSSR count). The minimum atomic E-state index is -0.0853. The first-order valence-electron chi connectivity index (χ1n) is 6.77. The van der Waals surface area contributed by atoms with Gasteiger partial charge in [0.1, 0.15) is 5.01 Å². The van der Waals surface area contributed by atoms with Gasteiger partial charge in [0, 0.05) is 24.8 Å². The normalized spacial score (nSPS) is 11.1. The zero-order chi connectivity index (χ0) is 15.4. The summed E-state index contributed by atoms with van der Waals surface area (Å²) in [5.41, 5.74) is 2.23. The van der Waals surface area contributed by atoms with Gasteiger partial charge < -0.3 is 0 Å². The molecule has 2 aromatic heterocycles. The fourth-order valence-corrected chi connectivity index (χ4v) is 2.59. The van der Waals surface area contributed by atoms with Crippen LogP contribution in [0.15, 0.2) is 6.20 Å². The summed E-state index contributed by atoms with van der Waals surface area (Å²) in [7, 11) is 3.82. The lowest BCUT2D eigenvalue weighted by Gasteiger charge is -2.15. The summed E-state index contributed by atoms with van der Waals surface area (Å²) >= 11 is 1.41. The first-order chi connectivity index (χ1) is 9.99. The van der Waals surface area contributed by atoms with Gasteiger partial charge in [0.2, 0.25) is 11.0 Å². The van der Waals surface area contributed by atoms with Gasteiger partial charge in [-0.3, -0.25) is 19.7 Å². The molecule has 0 unspecified atom stereocenters. The molecule has 0 spiro atoms. The van der Waals surface area contributed by atoms with Crippen LogP contribution in [0.4, 0.5) is 5.13 Å². The second kappa shape index (κ2) is 6.77. The van der Waals surface area contributed by atoms with Crippen LogP contribution in [0.25, 0.3) is 0 Å². The fourth-order valence-electron chi connectivity index (χ4n) is 1.90. The number of amides is 1. The molecule has 21 heavy (non-hydrogen) atoms. The van der Waals surface area contributed by atoms with Crippen molar-refractivity contribution in [2.24, 2.45) is 7.05 Å². The van der Waals surface area contributed by atoms with E-state index in [1.807, 2.05) is 43.7 Å². The molecule has 1 N–H and O–H groups in total. The summed E-state index contributed by atoms with van der Waals surface area (Å²) in [4.78, 5) is 13.9. The number of hydrogen-bond acceptors (Lipinski definition) is 6. The fraction of sp³-hybridized carbons (Fsp3) is 0.538. The van der Waals surface area contributed by atoms with Crippen molar-refractivity contribution in [3.8, 4) is 0 Å². The quantitative estimate of drug-likeness (QED) is 0.868. The van der Waals surface area contributed by atoms with Gasteiger partial charge in [-0.2, -0.15) is 5.10 Å². The number of carbonyl (C=O) groups is 1. The van der Waals surface area contributed by atoms with E-state index in [4.69, 9.17) is 0 Å². The van der Waals surface area contributed by atoms with E-state index in [0.717, 1.165) is 22.7 Å². The molecule has 0 aromatic carbocycles. The number of rotatable bonds is 6. The molecule has 0 aliphatic heterocycles. The number of likely N-dealkylation sites (N-methyl/N-ethyl adjacent to an activating group) is 1. The number of anilines is 1. The lowest BCUT2D eigenvalue weighted by atomic mass is 10.2. The van der Waals surface area contributed by atoms with Gasteiger partial charge in [0.05, 0.1) is 12.7 Å². The molecule has 0 atom stereocenters. The molecule has 0 radical (unpaired) electrons. The van der Waals surface area contributed by atoms with E-state index in [0.29, 0.717) is 18.2 Å². The van der Waals surface area contributed by atoms with E-state index >= 15 is 0 Å². The summed E-state index contributed by atoms with van der Waals surface area (Å²) in [6.45, 7) is 5.01. The number of nitrogens with zero attached hydrogens (tertiary/aromatic N) is 5. The summed E-state index contributed by atoms with van der Waals surface area (Å²) in [6.07, 6.45) is 2.66. The van der Waals surface area contributed by atoms with Gasteiger partial charge in [-0.25, -0.2) is 0 Å². The van der Waals surface area contributed by atoms with Crippen molar-refractivity contribution in [1.29, 1.82) is 0 Å². The Morgan fingerprint density at radius 2 is 2.24 bits per heavy atom. The maximum absolute atomic E-state index is 12.0. The lowest BCUT2D eigenvalue weighted by molar-refractivity contribution is -0.117. The molecule has 0 saturated carbocycles. The van der Waals surface area contributed by atoms with Gasteiger partial charge in [0.15, 0.2) is 0 Å². The molecule has 0 fully saturated rings. The third-order valence-corrected chi connectivity index (χ3v) is 4.19. The van der Waals surface area contributed by atoms with Crippen LogP contribution in [-0.2, 0) is 24.8 Å². The lowest BCUT2D eigenvalue weighted by Crippen LogP contribution is -2.29. The zero-order valence-electron chi connectivity index (χ0n) is 12.8. The predicted octanol–water partition coefficient (Wildman–Crippen LogP) is 1.21. The molecular weight excluding hydrogens is 288 g/mol. The SMILES string of the molecule is CCc1nnc(NC(=O)CN(C)Cc2cnn(C)c2C)s1. The van der Waals surface area contributed by atoms with Crippen LogP contribution < -0.4 is 5.32 Å².